The van der Waals surface area contributed by atoms with Gasteiger partial charge in [0.1, 0.15) is 28.6 Å². The fourth-order valence-electron chi connectivity index (χ4n) is 5.17. The molecule has 4 amide bonds. The molecule has 270 valence electrons. The highest BCUT2D eigenvalue weighted by Crippen LogP contribution is 2.34. The molecule has 1 saturated carbocycles. The van der Waals surface area contributed by atoms with E-state index in [4.69, 9.17) is 25.0 Å². The molecule has 3 aromatic rings. The van der Waals surface area contributed by atoms with Gasteiger partial charge in [0, 0.05) is 60.8 Å². The molecule has 15 nitrogen and oxygen atoms in total. The normalized spacial score (nSPS) is 15.5. The van der Waals surface area contributed by atoms with Gasteiger partial charge in [-0.2, -0.15) is 10.1 Å². The number of amidine groups is 2. The third-order valence-corrected chi connectivity index (χ3v) is 7.71. The molecule has 0 aliphatic heterocycles. The number of ether oxygens (including phenoxy) is 3. The van der Waals surface area contributed by atoms with Crippen LogP contribution in [-0.4, -0.2) is 67.7 Å². The second-order valence-corrected chi connectivity index (χ2v) is 13.0. The second kappa shape index (κ2) is 16.3. The van der Waals surface area contributed by atoms with Gasteiger partial charge in [-0.1, -0.05) is 0 Å². The van der Waals surface area contributed by atoms with Crippen LogP contribution in [0.5, 0.6) is 23.0 Å². The first-order chi connectivity index (χ1) is 24.0. The largest absolute Gasteiger partial charge is 0.457 e. The van der Waals surface area contributed by atoms with E-state index in [2.05, 4.69) is 10.6 Å². The Morgan fingerprint density at radius 2 is 1.14 bits per heavy atom. The van der Waals surface area contributed by atoms with E-state index in [0.29, 0.717) is 54.4 Å². The summed E-state index contributed by atoms with van der Waals surface area (Å²) in [4.78, 5) is 48.5. The number of carbonyl (C=O) groups excluding carboxylic acids is 4. The topological polar surface area (TPSA) is 215 Å². The first-order valence-corrected chi connectivity index (χ1v) is 16.2. The van der Waals surface area contributed by atoms with Crippen molar-refractivity contribution in [1.29, 1.82) is 10.8 Å². The molecule has 6 N–H and O–H groups in total. The van der Waals surface area contributed by atoms with Crippen LogP contribution in [0.3, 0.4) is 0 Å². The third-order valence-electron chi connectivity index (χ3n) is 7.71. The first-order valence-electron chi connectivity index (χ1n) is 16.2. The third kappa shape index (κ3) is 10.8. The molecule has 0 aromatic heterocycles. The number of amides is 4. The van der Waals surface area contributed by atoms with Crippen LogP contribution in [0.4, 0.5) is 10.5 Å². The molecule has 0 heterocycles. The van der Waals surface area contributed by atoms with Crippen molar-refractivity contribution in [1.82, 2.24) is 15.4 Å². The molecule has 0 unspecified atom stereocenters. The molecule has 4 rings (SSSR count). The van der Waals surface area contributed by atoms with E-state index >= 15 is 0 Å². The lowest BCUT2D eigenvalue weighted by atomic mass is 9.85. The Kier molecular flexibility index (Phi) is 12.1. The van der Waals surface area contributed by atoms with Crippen LogP contribution in [0.15, 0.2) is 66.7 Å². The van der Waals surface area contributed by atoms with Crippen LogP contribution in [0, 0.1) is 16.7 Å². The number of hydrogen-bond acceptors (Lipinski definition) is 11. The quantitative estimate of drug-likeness (QED) is 0.0627. The van der Waals surface area contributed by atoms with Gasteiger partial charge in [-0.15, -0.1) is 0 Å². The molecule has 3 aromatic carbocycles. The Hall–Kier alpha value is -5.80. The fraction of sp³-hybridized carbons (Fsp3) is 0.333. The number of nitrogens with zero attached hydrogens (tertiary/aromatic N) is 2. The minimum Gasteiger partial charge on any atom is -0.457 e. The average molecular weight is 703 g/mol. The van der Waals surface area contributed by atoms with Gasteiger partial charge < -0.3 is 24.8 Å². The van der Waals surface area contributed by atoms with Crippen LogP contribution in [0.2, 0.25) is 0 Å². The highest BCUT2D eigenvalue weighted by molar-refractivity contribution is 6.05. The van der Waals surface area contributed by atoms with Gasteiger partial charge in [-0.3, -0.25) is 35.6 Å². The number of nitrogens with one attached hydrogen (secondary N) is 4. The molecule has 0 radical (unpaired) electrons. The Labute approximate surface area is 295 Å². The zero-order valence-electron chi connectivity index (χ0n) is 29.0. The highest BCUT2D eigenvalue weighted by Gasteiger charge is 2.29. The summed E-state index contributed by atoms with van der Waals surface area (Å²) in [5.74, 6) is -1.46. The molecular formula is C36H42N6O9. The minimum absolute atomic E-state index is 0.100. The average Bonchev–Trinajstić information content (AvgIpc) is 3.07. The smallest absolute Gasteiger partial charge is 0.407 e. The number of hydroxylamine groups is 4. The number of carbonyl (C=O) groups is 4. The van der Waals surface area contributed by atoms with Crippen molar-refractivity contribution in [3.8, 4) is 23.0 Å². The van der Waals surface area contributed by atoms with Gasteiger partial charge in [0.2, 0.25) is 17.7 Å². The van der Waals surface area contributed by atoms with Crippen molar-refractivity contribution in [2.24, 2.45) is 5.92 Å². The van der Waals surface area contributed by atoms with Gasteiger partial charge >= 0.3 is 6.09 Å². The van der Waals surface area contributed by atoms with Crippen LogP contribution >= 0.6 is 0 Å². The van der Waals surface area contributed by atoms with E-state index in [0.717, 1.165) is 13.8 Å². The maximum absolute atomic E-state index is 13.4. The Balaban J connectivity index is 1.51. The summed E-state index contributed by atoms with van der Waals surface area (Å²) in [6, 6.07) is 16.9. The van der Waals surface area contributed by atoms with E-state index in [1.54, 1.807) is 63.2 Å². The predicted molar refractivity (Wildman–Crippen MR) is 185 cm³/mol. The van der Waals surface area contributed by atoms with Crippen LogP contribution in [-0.2, 0) is 19.1 Å². The van der Waals surface area contributed by atoms with Crippen LogP contribution in [0.1, 0.15) is 71.4 Å². The maximum Gasteiger partial charge on any atom is 0.407 e. The molecule has 1 aliphatic carbocycles. The van der Waals surface area contributed by atoms with Crippen molar-refractivity contribution >= 4 is 41.2 Å². The van der Waals surface area contributed by atoms with E-state index in [9.17, 15) is 29.6 Å². The van der Waals surface area contributed by atoms with E-state index < -0.39 is 35.2 Å². The molecule has 0 bridgehead atoms. The number of hydrogen-bond donors (Lipinski definition) is 6. The first kappa shape index (κ1) is 38.0. The monoisotopic (exact) mass is 702 g/mol. The summed E-state index contributed by atoms with van der Waals surface area (Å²) >= 11 is 0. The number of alkyl carbamates (subject to hydrolysis) is 1. The summed E-state index contributed by atoms with van der Waals surface area (Å²) in [5, 5.41) is 41.9. The molecule has 0 saturated heterocycles. The summed E-state index contributed by atoms with van der Waals surface area (Å²) in [7, 11) is 0. The summed E-state index contributed by atoms with van der Waals surface area (Å²) in [6.07, 6.45) is 1.84. The standard InChI is InChI=1S/C36H42N6O9/c1-21(43)41(47)32(37)23-8-14-28(15-9-23)49-30-18-27(39-34(45)25-6-12-26(13-7-25)40-35(46)51-36(3,4)5)19-31(20-30)50-29-16-10-24(11-17-29)33(38)42(48)22(2)44/h8-11,14-20,25-26,37-38,47-48H,6-7,12-13H2,1-5H3,(H,39,45)(H,40,46)/t25-,26+. The van der Waals surface area contributed by atoms with Gasteiger partial charge in [0.15, 0.2) is 11.7 Å². The van der Waals surface area contributed by atoms with Crippen LogP contribution < -0.4 is 20.1 Å². The van der Waals surface area contributed by atoms with Crippen LogP contribution in [0.25, 0.3) is 0 Å². The van der Waals surface area contributed by atoms with E-state index in [1.165, 1.54) is 24.3 Å². The summed E-state index contributed by atoms with van der Waals surface area (Å²) in [6.45, 7) is 7.64. The Bertz CT molecular complexity index is 1680. The van der Waals surface area contributed by atoms with Gasteiger partial charge in [-0.25, -0.2) is 4.79 Å². The Morgan fingerprint density at radius 1 is 0.706 bits per heavy atom. The van der Waals surface area contributed by atoms with E-state index in [-0.39, 0.29) is 39.1 Å². The molecule has 51 heavy (non-hydrogen) atoms. The molecule has 0 spiro atoms. The van der Waals surface area contributed by atoms with Gasteiger partial charge in [0.25, 0.3) is 0 Å². The Morgan fingerprint density at radius 3 is 1.53 bits per heavy atom. The van der Waals surface area contributed by atoms with Gasteiger partial charge in [0.05, 0.1) is 0 Å². The zero-order valence-corrected chi connectivity index (χ0v) is 29.0. The van der Waals surface area contributed by atoms with E-state index in [1.807, 2.05) is 0 Å². The van der Waals surface area contributed by atoms with Crippen molar-refractivity contribution < 1.29 is 43.8 Å². The minimum atomic E-state index is -0.712. The molecule has 1 fully saturated rings. The maximum atomic E-state index is 13.4. The SMILES string of the molecule is CC(=O)N(O)C(=N)c1ccc(Oc2cc(NC(=O)[C@H]3CC[C@@H](NC(=O)OC(C)(C)C)CC3)cc(Oc3ccc(C(=N)N(O)C(C)=O)cc3)c2)cc1. The van der Waals surface area contributed by atoms with Crippen molar-refractivity contribution in [3.63, 3.8) is 0 Å². The number of benzene rings is 3. The molecular weight excluding hydrogens is 660 g/mol. The molecule has 0 atom stereocenters. The lowest BCUT2D eigenvalue weighted by Gasteiger charge is -2.29. The van der Waals surface area contributed by atoms with Crippen molar-refractivity contribution in [2.45, 2.75) is 71.9 Å². The summed E-state index contributed by atoms with van der Waals surface area (Å²) < 4.78 is 17.5. The number of rotatable bonds is 9. The number of anilines is 1. The molecule has 1 aliphatic rings. The lowest BCUT2D eigenvalue weighted by Crippen LogP contribution is -2.42. The molecule has 15 heteroatoms. The zero-order chi connectivity index (χ0) is 37.5. The van der Waals surface area contributed by atoms with Crippen molar-refractivity contribution in [3.05, 3.63) is 77.9 Å². The van der Waals surface area contributed by atoms with Gasteiger partial charge in [-0.05, 0) is 95.0 Å². The van der Waals surface area contributed by atoms with Crippen molar-refractivity contribution in [2.75, 3.05) is 5.32 Å². The fourth-order valence-corrected chi connectivity index (χ4v) is 5.17. The summed E-state index contributed by atoms with van der Waals surface area (Å²) in [5.41, 5.74) is 0.308. The lowest BCUT2D eigenvalue weighted by molar-refractivity contribution is -0.147. The highest BCUT2D eigenvalue weighted by atomic mass is 16.6. The predicted octanol–water partition coefficient (Wildman–Crippen LogP) is 6.42. The second-order valence-electron chi connectivity index (χ2n) is 13.0.